The maximum Gasteiger partial charge on any atom is 0.333 e. The van der Waals surface area contributed by atoms with Gasteiger partial charge in [0.05, 0.1) is 12.0 Å². The minimum absolute atomic E-state index is 0.113. The zero-order chi connectivity index (χ0) is 20.0. The summed E-state index contributed by atoms with van der Waals surface area (Å²) in [4.78, 5) is 24.8. The second kappa shape index (κ2) is 6.91. The highest BCUT2D eigenvalue weighted by Crippen LogP contribution is 2.64. The second-order valence-electron chi connectivity index (χ2n) is 10.3. The molecule has 0 N–H and O–H groups in total. The third kappa shape index (κ3) is 4.74. The van der Waals surface area contributed by atoms with E-state index in [4.69, 9.17) is 14.2 Å². The molecule has 27 heavy (non-hydrogen) atoms. The fraction of sp³-hybridized carbons (Fsp3) is 0.818. The zero-order valence-electron chi connectivity index (χ0n) is 17.4. The molecule has 0 aromatic heterocycles. The number of hydrogen-bond donors (Lipinski definition) is 0. The third-order valence-electron chi connectivity index (χ3n) is 6.12. The van der Waals surface area contributed by atoms with E-state index < -0.39 is 11.9 Å². The molecule has 5 atom stereocenters. The Morgan fingerprint density at radius 1 is 1.15 bits per heavy atom. The van der Waals surface area contributed by atoms with Crippen LogP contribution in [0.3, 0.4) is 0 Å². The summed E-state index contributed by atoms with van der Waals surface area (Å²) in [5.41, 5.74) is -0.458. The minimum atomic E-state index is -0.568. The van der Waals surface area contributed by atoms with Crippen molar-refractivity contribution in [1.82, 2.24) is 0 Å². The molecule has 0 amide bonds. The molecule has 4 aliphatic rings. The van der Waals surface area contributed by atoms with Gasteiger partial charge in [-0.25, -0.2) is 4.79 Å². The second-order valence-corrected chi connectivity index (χ2v) is 10.3. The average Bonchev–Trinajstić information content (AvgIpc) is 2.41. The van der Waals surface area contributed by atoms with Crippen LogP contribution in [0.1, 0.15) is 79.6 Å². The van der Waals surface area contributed by atoms with Gasteiger partial charge in [-0.2, -0.15) is 0 Å². The SMILES string of the molecule is C=C(C)C(=O)OC12C[C@@H]3C[C@@H](CC(CC(=O)OC(C)OC(C)(C)C)(C3)C1)C2. The molecule has 152 valence electrons. The van der Waals surface area contributed by atoms with Gasteiger partial charge in [0.25, 0.3) is 0 Å². The highest BCUT2D eigenvalue weighted by atomic mass is 16.7. The van der Waals surface area contributed by atoms with Crippen molar-refractivity contribution < 1.29 is 23.8 Å². The quantitative estimate of drug-likeness (QED) is 0.386. The number of carbonyl (C=O) groups excluding carboxylic acids is 2. The van der Waals surface area contributed by atoms with Crippen LogP contribution in [0, 0.1) is 17.3 Å². The summed E-state index contributed by atoms with van der Waals surface area (Å²) in [7, 11) is 0. The molecule has 4 bridgehead atoms. The monoisotopic (exact) mass is 378 g/mol. The van der Waals surface area contributed by atoms with Gasteiger partial charge in [-0.15, -0.1) is 0 Å². The summed E-state index contributed by atoms with van der Waals surface area (Å²) in [6.07, 6.45) is 5.65. The van der Waals surface area contributed by atoms with Gasteiger partial charge in [0.1, 0.15) is 5.60 Å². The molecule has 4 rings (SSSR count). The van der Waals surface area contributed by atoms with E-state index in [1.807, 2.05) is 20.8 Å². The summed E-state index contributed by atoms with van der Waals surface area (Å²) in [6.45, 7) is 13.0. The first kappa shape index (κ1) is 20.4. The summed E-state index contributed by atoms with van der Waals surface area (Å²) in [6, 6.07) is 0. The van der Waals surface area contributed by atoms with Crippen LogP contribution in [0.25, 0.3) is 0 Å². The smallest absolute Gasteiger partial charge is 0.333 e. The van der Waals surface area contributed by atoms with E-state index in [0.717, 1.165) is 32.1 Å². The van der Waals surface area contributed by atoms with Crippen LogP contribution in [0.2, 0.25) is 0 Å². The van der Waals surface area contributed by atoms with Crippen molar-refractivity contribution in [2.24, 2.45) is 17.3 Å². The van der Waals surface area contributed by atoms with Crippen molar-refractivity contribution in [3.05, 3.63) is 12.2 Å². The number of hydrogen-bond acceptors (Lipinski definition) is 5. The molecular formula is C22H34O5. The first-order valence-corrected chi connectivity index (χ1v) is 10.2. The molecule has 4 aliphatic carbocycles. The van der Waals surface area contributed by atoms with Crippen molar-refractivity contribution in [3.8, 4) is 0 Å². The van der Waals surface area contributed by atoms with Gasteiger partial charge < -0.3 is 14.2 Å². The van der Waals surface area contributed by atoms with E-state index in [-0.39, 0.29) is 23.0 Å². The lowest BCUT2D eigenvalue weighted by Crippen LogP contribution is -2.58. The minimum Gasteiger partial charge on any atom is -0.456 e. The molecule has 0 saturated heterocycles. The van der Waals surface area contributed by atoms with E-state index in [9.17, 15) is 9.59 Å². The predicted molar refractivity (Wildman–Crippen MR) is 102 cm³/mol. The molecule has 0 aromatic rings. The van der Waals surface area contributed by atoms with E-state index >= 15 is 0 Å². The molecular weight excluding hydrogens is 344 g/mol. The highest BCUT2D eigenvalue weighted by Gasteiger charge is 2.60. The molecule has 0 aliphatic heterocycles. The lowest BCUT2D eigenvalue weighted by atomic mass is 9.47. The van der Waals surface area contributed by atoms with Crippen molar-refractivity contribution in [1.29, 1.82) is 0 Å². The Hall–Kier alpha value is -1.36. The third-order valence-corrected chi connectivity index (χ3v) is 6.12. The predicted octanol–water partition coefficient (Wildman–Crippen LogP) is 4.54. The summed E-state index contributed by atoms with van der Waals surface area (Å²) >= 11 is 0. The van der Waals surface area contributed by atoms with E-state index in [2.05, 4.69) is 6.58 Å². The van der Waals surface area contributed by atoms with Crippen LogP contribution in [0.5, 0.6) is 0 Å². The van der Waals surface area contributed by atoms with E-state index in [1.165, 1.54) is 6.42 Å². The Bertz CT molecular complexity index is 615. The van der Waals surface area contributed by atoms with Gasteiger partial charge in [0.15, 0.2) is 0 Å². The average molecular weight is 379 g/mol. The molecule has 5 heteroatoms. The van der Waals surface area contributed by atoms with Crippen LogP contribution in [-0.2, 0) is 23.8 Å². The first-order chi connectivity index (χ1) is 12.4. The Morgan fingerprint density at radius 2 is 1.74 bits per heavy atom. The summed E-state index contributed by atoms with van der Waals surface area (Å²) < 4.78 is 17.2. The summed E-state index contributed by atoms with van der Waals surface area (Å²) in [5, 5.41) is 0. The van der Waals surface area contributed by atoms with Crippen molar-refractivity contribution in [3.63, 3.8) is 0 Å². The lowest BCUT2D eigenvalue weighted by molar-refractivity contribution is -0.212. The molecule has 4 saturated carbocycles. The van der Waals surface area contributed by atoms with E-state index in [1.54, 1.807) is 13.8 Å². The summed E-state index contributed by atoms with van der Waals surface area (Å²) in [5.74, 6) is 0.539. The van der Waals surface area contributed by atoms with E-state index in [0.29, 0.717) is 23.8 Å². The van der Waals surface area contributed by atoms with Gasteiger partial charge >= 0.3 is 11.9 Å². The Labute approximate surface area is 162 Å². The maximum absolute atomic E-state index is 12.6. The van der Waals surface area contributed by atoms with Crippen LogP contribution >= 0.6 is 0 Å². The topological polar surface area (TPSA) is 61.8 Å². The van der Waals surface area contributed by atoms with Crippen molar-refractivity contribution in [2.75, 3.05) is 0 Å². The molecule has 0 spiro atoms. The number of esters is 2. The fourth-order valence-electron chi connectivity index (χ4n) is 6.03. The van der Waals surface area contributed by atoms with Gasteiger partial charge in [-0.1, -0.05) is 6.58 Å². The Kier molecular flexibility index (Phi) is 5.21. The van der Waals surface area contributed by atoms with Gasteiger partial charge in [-0.3, -0.25) is 4.79 Å². The van der Waals surface area contributed by atoms with Crippen LogP contribution in [0.4, 0.5) is 0 Å². The first-order valence-electron chi connectivity index (χ1n) is 10.2. The molecule has 0 aromatic carbocycles. The largest absolute Gasteiger partial charge is 0.456 e. The standard InChI is InChI=1S/C22H34O5/c1-14(2)19(24)27-22-10-16-7-17(11-22)9-21(8-16,13-22)12-18(23)25-15(3)26-20(4,5)6/h15-17H,1,7-13H2,2-6H3/t15?,16-,17+,21?,22?. The van der Waals surface area contributed by atoms with Crippen LogP contribution in [-0.4, -0.2) is 29.4 Å². The van der Waals surface area contributed by atoms with Gasteiger partial charge in [0.2, 0.25) is 6.29 Å². The molecule has 3 unspecified atom stereocenters. The Morgan fingerprint density at radius 3 is 2.26 bits per heavy atom. The van der Waals surface area contributed by atoms with Gasteiger partial charge in [-0.05, 0) is 90.4 Å². The van der Waals surface area contributed by atoms with Crippen LogP contribution < -0.4 is 0 Å². The molecule has 4 fully saturated rings. The fourth-order valence-corrected chi connectivity index (χ4v) is 6.03. The maximum atomic E-state index is 12.6. The van der Waals surface area contributed by atoms with Gasteiger partial charge in [0, 0.05) is 5.57 Å². The number of ether oxygens (including phenoxy) is 3. The zero-order valence-corrected chi connectivity index (χ0v) is 17.4. The molecule has 0 radical (unpaired) electrons. The molecule has 0 heterocycles. The van der Waals surface area contributed by atoms with Crippen LogP contribution in [0.15, 0.2) is 12.2 Å². The highest BCUT2D eigenvalue weighted by molar-refractivity contribution is 5.87. The number of carbonyl (C=O) groups is 2. The lowest BCUT2D eigenvalue weighted by Gasteiger charge is -2.61. The Balaban J connectivity index is 1.67. The number of rotatable bonds is 6. The van der Waals surface area contributed by atoms with Crippen molar-refractivity contribution >= 4 is 11.9 Å². The van der Waals surface area contributed by atoms with Crippen molar-refractivity contribution in [2.45, 2.75) is 97.1 Å². The normalized spacial score (nSPS) is 35.6. The molecule has 5 nitrogen and oxygen atoms in total.